The first-order valence-electron chi connectivity index (χ1n) is 6.76. The average Bonchev–Trinajstić information content (AvgIpc) is 2.54. The molecular formula is C16H24N2. The summed E-state index contributed by atoms with van der Waals surface area (Å²) >= 11 is 0. The Morgan fingerprint density at radius 3 is 2.56 bits per heavy atom. The number of hydrogen-bond donors (Lipinski definition) is 1. The van der Waals surface area contributed by atoms with Crippen LogP contribution >= 0.6 is 0 Å². The van der Waals surface area contributed by atoms with E-state index >= 15 is 0 Å². The molecule has 0 aliphatic rings. The molecule has 0 bridgehead atoms. The van der Waals surface area contributed by atoms with Gasteiger partial charge in [0, 0.05) is 18.1 Å². The van der Waals surface area contributed by atoms with Crippen molar-refractivity contribution in [3.63, 3.8) is 0 Å². The highest BCUT2D eigenvalue weighted by molar-refractivity contribution is 5.88. The molecule has 1 aromatic carbocycles. The molecule has 0 fully saturated rings. The molecule has 0 aliphatic heterocycles. The summed E-state index contributed by atoms with van der Waals surface area (Å²) in [7, 11) is 4.20. The second-order valence-corrected chi connectivity index (χ2v) is 5.31. The fraction of sp³-hybridized carbons (Fsp3) is 0.500. The Balaban J connectivity index is 2.54. The maximum absolute atomic E-state index is 3.23. The van der Waals surface area contributed by atoms with Gasteiger partial charge in [0.05, 0.1) is 5.52 Å². The first kappa shape index (κ1) is 13.2. The zero-order chi connectivity index (χ0) is 13.3. The Morgan fingerprint density at radius 1 is 1.17 bits per heavy atom. The minimum atomic E-state index is 1.08. The molecule has 2 rings (SSSR count). The standard InChI is InChI=1S/C16H24N2/c1-11-9-12(2)16-15(10-11)14(7-6-8-17-4)13(3)18(16)5/h9-10,17H,6-8H2,1-5H3. The minimum absolute atomic E-state index is 1.08. The van der Waals surface area contributed by atoms with Crippen LogP contribution in [-0.2, 0) is 13.5 Å². The van der Waals surface area contributed by atoms with E-state index in [-0.39, 0.29) is 0 Å². The molecule has 2 nitrogen and oxygen atoms in total. The van der Waals surface area contributed by atoms with Crippen molar-refractivity contribution in [3.05, 3.63) is 34.5 Å². The summed E-state index contributed by atoms with van der Waals surface area (Å²) in [6.45, 7) is 7.72. The van der Waals surface area contributed by atoms with Crippen LogP contribution in [0.15, 0.2) is 12.1 Å². The van der Waals surface area contributed by atoms with Crippen molar-refractivity contribution < 1.29 is 0 Å². The molecule has 0 atom stereocenters. The lowest BCUT2D eigenvalue weighted by atomic mass is 10.0. The number of benzene rings is 1. The molecule has 0 amide bonds. The van der Waals surface area contributed by atoms with Crippen molar-refractivity contribution in [1.29, 1.82) is 0 Å². The Labute approximate surface area is 110 Å². The van der Waals surface area contributed by atoms with E-state index in [0.717, 1.165) is 13.0 Å². The maximum atomic E-state index is 3.23. The van der Waals surface area contributed by atoms with Gasteiger partial charge in [0.25, 0.3) is 0 Å². The predicted octanol–water partition coefficient (Wildman–Crippen LogP) is 3.26. The van der Waals surface area contributed by atoms with Gasteiger partial charge < -0.3 is 9.88 Å². The molecule has 0 unspecified atom stereocenters. The van der Waals surface area contributed by atoms with Gasteiger partial charge >= 0.3 is 0 Å². The lowest BCUT2D eigenvalue weighted by Gasteiger charge is -2.03. The molecule has 0 spiro atoms. The first-order chi connectivity index (χ1) is 8.56. The van der Waals surface area contributed by atoms with Crippen molar-refractivity contribution in [2.45, 2.75) is 33.6 Å². The van der Waals surface area contributed by atoms with Crippen LogP contribution in [0.5, 0.6) is 0 Å². The first-order valence-corrected chi connectivity index (χ1v) is 6.76. The smallest absolute Gasteiger partial charge is 0.0512 e. The van der Waals surface area contributed by atoms with Crippen LogP contribution in [0.1, 0.15) is 28.8 Å². The molecule has 1 aromatic heterocycles. The van der Waals surface area contributed by atoms with Crippen LogP contribution in [0.3, 0.4) is 0 Å². The molecule has 0 aliphatic carbocycles. The van der Waals surface area contributed by atoms with Gasteiger partial charge in [-0.05, 0) is 64.4 Å². The van der Waals surface area contributed by atoms with Crippen molar-refractivity contribution in [3.8, 4) is 0 Å². The highest BCUT2D eigenvalue weighted by Crippen LogP contribution is 2.29. The molecule has 18 heavy (non-hydrogen) atoms. The van der Waals surface area contributed by atoms with Crippen LogP contribution in [0.4, 0.5) is 0 Å². The van der Waals surface area contributed by atoms with Gasteiger partial charge in [-0.25, -0.2) is 0 Å². The van der Waals surface area contributed by atoms with E-state index in [1.807, 2.05) is 7.05 Å². The topological polar surface area (TPSA) is 17.0 Å². The Kier molecular flexibility index (Phi) is 3.76. The van der Waals surface area contributed by atoms with Gasteiger partial charge in [0.1, 0.15) is 0 Å². The third kappa shape index (κ3) is 2.17. The summed E-state index contributed by atoms with van der Waals surface area (Å²) in [4.78, 5) is 0. The number of aromatic nitrogens is 1. The molecule has 0 saturated heterocycles. The van der Waals surface area contributed by atoms with Crippen molar-refractivity contribution in [1.82, 2.24) is 9.88 Å². The molecule has 2 aromatic rings. The van der Waals surface area contributed by atoms with E-state index in [9.17, 15) is 0 Å². The largest absolute Gasteiger partial charge is 0.347 e. The summed E-state index contributed by atoms with van der Waals surface area (Å²) in [5.41, 5.74) is 7.08. The summed E-state index contributed by atoms with van der Waals surface area (Å²) in [6.07, 6.45) is 2.36. The van der Waals surface area contributed by atoms with E-state index in [2.05, 4.69) is 49.8 Å². The Bertz CT molecular complexity index is 564. The lowest BCUT2D eigenvalue weighted by Crippen LogP contribution is -2.08. The molecule has 1 heterocycles. The van der Waals surface area contributed by atoms with Crippen LogP contribution in [-0.4, -0.2) is 18.2 Å². The predicted molar refractivity (Wildman–Crippen MR) is 79.4 cm³/mol. The molecule has 0 radical (unpaired) electrons. The number of hydrogen-bond acceptors (Lipinski definition) is 1. The zero-order valence-electron chi connectivity index (χ0n) is 12.2. The molecular weight excluding hydrogens is 220 g/mol. The Morgan fingerprint density at radius 2 is 1.89 bits per heavy atom. The van der Waals surface area contributed by atoms with Gasteiger partial charge in [-0.3, -0.25) is 0 Å². The second kappa shape index (κ2) is 5.15. The van der Waals surface area contributed by atoms with E-state index in [1.54, 1.807) is 0 Å². The fourth-order valence-corrected chi connectivity index (χ4v) is 2.96. The van der Waals surface area contributed by atoms with Gasteiger partial charge in [-0.2, -0.15) is 0 Å². The summed E-state index contributed by atoms with van der Waals surface area (Å²) in [5, 5.41) is 4.68. The fourth-order valence-electron chi connectivity index (χ4n) is 2.96. The van der Waals surface area contributed by atoms with Crippen molar-refractivity contribution >= 4 is 10.9 Å². The van der Waals surface area contributed by atoms with Gasteiger partial charge in [0.2, 0.25) is 0 Å². The van der Waals surface area contributed by atoms with Crippen LogP contribution in [0.2, 0.25) is 0 Å². The van der Waals surface area contributed by atoms with Crippen molar-refractivity contribution in [2.75, 3.05) is 13.6 Å². The monoisotopic (exact) mass is 244 g/mol. The van der Waals surface area contributed by atoms with Crippen LogP contribution in [0, 0.1) is 20.8 Å². The zero-order valence-corrected chi connectivity index (χ0v) is 12.2. The highest BCUT2D eigenvalue weighted by Gasteiger charge is 2.13. The normalized spacial score (nSPS) is 11.4. The maximum Gasteiger partial charge on any atom is 0.0512 e. The lowest BCUT2D eigenvalue weighted by molar-refractivity contribution is 0.722. The highest BCUT2D eigenvalue weighted by atomic mass is 14.9. The third-order valence-electron chi connectivity index (χ3n) is 3.90. The van der Waals surface area contributed by atoms with Crippen molar-refractivity contribution in [2.24, 2.45) is 7.05 Å². The van der Waals surface area contributed by atoms with Crippen LogP contribution < -0.4 is 5.32 Å². The number of nitrogens with zero attached hydrogens (tertiary/aromatic N) is 1. The summed E-state index contributed by atoms with van der Waals surface area (Å²) in [6, 6.07) is 4.61. The van der Waals surface area contributed by atoms with E-state index in [0.29, 0.717) is 0 Å². The summed E-state index contributed by atoms with van der Waals surface area (Å²) in [5.74, 6) is 0. The van der Waals surface area contributed by atoms with Crippen LogP contribution in [0.25, 0.3) is 10.9 Å². The van der Waals surface area contributed by atoms with Gasteiger partial charge in [0.15, 0.2) is 0 Å². The van der Waals surface area contributed by atoms with E-state index in [1.165, 1.54) is 39.7 Å². The molecule has 98 valence electrons. The number of fused-ring (bicyclic) bond motifs is 1. The Hall–Kier alpha value is -1.28. The quantitative estimate of drug-likeness (QED) is 0.817. The van der Waals surface area contributed by atoms with Gasteiger partial charge in [-0.1, -0.05) is 11.6 Å². The average molecular weight is 244 g/mol. The van der Waals surface area contributed by atoms with E-state index < -0.39 is 0 Å². The molecule has 1 N–H and O–H groups in total. The number of nitrogens with one attached hydrogen (secondary N) is 1. The molecule has 2 heteroatoms. The summed E-state index contributed by atoms with van der Waals surface area (Å²) < 4.78 is 2.35. The minimum Gasteiger partial charge on any atom is -0.347 e. The second-order valence-electron chi connectivity index (χ2n) is 5.31. The number of rotatable bonds is 4. The van der Waals surface area contributed by atoms with E-state index in [4.69, 9.17) is 0 Å². The number of aryl methyl sites for hydroxylation is 4. The third-order valence-corrected chi connectivity index (χ3v) is 3.90. The SMILES string of the molecule is CNCCCc1c(C)n(C)c2c(C)cc(C)cc12. The van der Waals surface area contributed by atoms with Gasteiger partial charge in [-0.15, -0.1) is 0 Å². The molecule has 0 saturated carbocycles.